The number of hydrogen-bond donors (Lipinski definition) is 1. The summed E-state index contributed by atoms with van der Waals surface area (Å²) in [5, 5.41) is -0.653. The van der Waals surface area contributed by atoms with Crippen LogP contribution in [0.25, 0.3) is 11.0 Å². The molecule has 0 aliphatic carbocycles. The van der Waals surface area contributed by atoms with E-state index in [0.717, 1.165) is 29.0 Å². The second kappa shape index (κ2) is 9.85. The van der Waals surface area contributed by atoms with Crippen molar-refractivity contribution in [3.63, 3.8) is 0 Å². The molecule has 13 heteroatoms. The fourth-order valence-electron chi connectivity index (χ4n) is 4.16. The van der Waals surface area contributed by atoms with Gasteiger partial charge in [0, 0.05) is 26.1 Å². The number of aromatic amines is 1. The second-order valence-electron chi connectivity index (χ2n) is 8.49. The van der Waals surface area contributed by atoms with Crippen molar-refractivity contribution in [3.8, 4) is 0 Å². The van der Waals surface area contributed by atoms with E-state index in [0.29, 0.717) is 36.7 Å². The van der Waals surface area contributed by atoms with Gasteiger partial charge in [-0.05, 0) is 56.3 Å². The molecule has 3 aromatic rings. The Morgan fingerprint density at radius 2 is 1.80 bits per heavy atom. The Bertz CT molecular complexity index is 1340. The van der Waals surface area contributed by atoms with Gasteiger partial charge in [-0.1, -0.05) is 23.2 Å². The summed E-state index contributed by atoms with van der Waals surface area (Å²) in [5.74, 6) is 0.586. The van der Waals surface area contributed by atoms with Gasteiger partial charge in [-0.15, -0.1) is 0 Å². The molecule has 0 bridgehead atoms. The van der Waals surface area contributed by atoms with E-state index < -0.39 is 26.7 Å². The molecular formula is C22H22Cl2F4N4O2S. The van der Waals surface area contributed by atoms with Crippen LogP contribution in [0.15, 0.2) is 35.2 Å². The lowest BCUT2D eigenvalue weighted by molar-refractivity contribution is -0.139. The van der Waals surface area contributed by atoms with E-state index in [9.17, 15) is 26.0 Å². The normalized spacial score (nSPS) is 16.5. The molecule has 35 heavy (non-hydrogen) atoms. The number of benzene rings is 2. The molecule has 1 aromatic heterocycles. The number of alkyl halides is 3. The van der Waals surface area contributed by atoms with Crippen LogP contribution in [0.2, 0.25) is 10.0 Å². The summed E-state index contributed by atoms with van der Waals surface area (Å²) in [6.07, 6.45) is -3.41. The first-order chi connectivity index (χ1) is 16.4. The van der Waals surface area contributed by atoms with Crippen LogP contribution in [0.5, 0.6) is 0 Å². The zero-order valence-electron chi connectivity index (χ0n) is 18.5. The Balaban J connectivity index is 1.39. The van der Waals surface area contributed by atoms with Gasteiger partial charge in [0.15, 0.2) is 0 Å². The van der Waals surface area contributed by atoms with Crippen LogP contribution in [0.4, 0.5) is 17.6 Å². The van der Waals surface area contributed by atoms with Crippen LogP contribution in [-0.4, -0.2) is 60.8 Å². The molecule has 0 unspecified atom stereocenters. The van der Waals surface area contributed by atoms with Gasteiger partial charge in [0.2, 0.25) is 10.0 Å². The molecule has 2 heterocycles. The number of imidazole rings is 1. The summed E-state index contributed by atoms with van der Waals surface area (Å²) in [5.41, 5.74) is -0.0312. The van der Waals surface area contributed by atoms with Crippen LogP contribution >= 0.6 is 23.2 Å². The number of hydrogen-bond acceptors (Lipinski definition) is 4. The van der Waals surface area contributed by atoms with E-state index in [1.165, 1.54) is 19.2 Å². The highest BCUT2D eigenvalue weighted by Crippen LogP contribution is 2.39. The smallest absolute Gasteiger partial charge is 0.342 e. The van der Waals surface area contributed by atoms with Crippen molar-refractivity contribution in [2.24, 2.45) is 0 Å². The third-order valence-corrected chi connectivity index (χ3v) is 8.80. The van der Waals surface area contributed by atoms with E-state index in [2.05, 4.69) is 9.97 Å². The van der Waals surface area contributed by atoms with Crippen molar-refractivity contribution in [1.82, 2.24) is 19.2 Å². The number of H-pyrrole nitrogens is 1. The zero-order chi connectivity index (χ0) is 25.5. The highest BCUT2D eigenvalue weighted by Gasteiger charge is 2.39. The lowest BCUT2D eigenvalue weighted by Crippen LogP contribution is -2.40. The van der Waals surface area contributed by atoms with Gasteiger partial charge in [0.1, 0.15) is 11.6 Å². The van der Waals surface area contributed by atoms with Crippen molar-refractivity contribution in [3.05, 3.63) is 57.6 Å². The zero-order valence-corrected chi connectivity index (χ0v) is 20.9. The average molecular weight is 553 g/mol. The molecule has 1 N–H and O–H groups in total. The number of likely N-dealkylation sites (N-methyl/N-ethyl adjacent to an activating group) is 1. The molecule has 190 valence electrons. The van der Waals surface area contributed by atoms with Gasteiger partial charge >= 0.3 is 6.18 Å². The largest absolute Gasteiger partial charge is 0.417 e. The minimum Gasteiger partial charge on any atom is -0.342 e. The number of nitrogens with zero attached hydrogens (tertiary/aromatic N) is 3. The number of likely N-dealkylation sites (tertiary alicyclic amines) is 1. The quantitative estimate of drug-likeness (QED) is 0.408. The number of fused-ring (bicyclic) bond motifs is 1. The van der Waals surface area contributed by atoms with Crippen LogP contribution in [0.3, 0.4) is 0 Å². The van der Waals surface area contributed by atoms with Crippen LogP contribution in [0, 0.1) is 5.82 Å². The van der Waals surface area contributed by atoms with Gasteiger partial charge < -0.3 is 9.88 Å². The Hall–Kier alpha value is -1.92. The molecule has 1 aliphatic heterocycles. The minimum absolute atomic E-state index is 0.00550. The summed E-state index contributed by atoms with van der Waals surface area (Å²) in [6.45, 7) is 1.65. The van der Waals surface area contributed by atoms with E-state index in [4.69, 9.17) is 23.2 Å². The van der Waals surface area contributed by atoms with E-state index >= 15 is 0 Å². The summed E-state index contributed by atoms with van der Waals surface area (Å²) in [6, 6.07) is 5.64. The SMILES string of the molecule is CN(CCN1CCC(c2nc3ccc(F)cc3[nH]2)CC1)S(=O)(=O)c1cc(Cl)c(Cl)cc1C(F)(F)F. The molecule has 1 fully saturated rings. The Morgan fingerprint density at radius 1 is 1.14 bits per heavy atom. The molecule has 0 atom stereocenters. The number of sulfonamides is 1. The third-order valence-electron chi connectivity index (χ3n) is 6.18. The van der Waals surface area contributed by atoms with Crippen molar-refractivity contribution in [1.29, 1.82) is 0 Å². The molecule has 4 rings (SSSR count). The number of aromatic nitrogens is 2. The lowest BCUT2D eigenvalue weighted by Gasteiger charge is -2.32. The highest BCUT2D eigenvalue weighted by atomic mass is 35.5. The Kier molecular flexibility index (Phi) is 7.36. The maximum Gasteiger partial charge on any atom is 0.417 e. The van der Waals surface area contributed by atoms with E-state index in [1.807, 2.05) is 4.90 Å². The highest BCUT2D eigenvalue weighted by molar-refractivity contribution is 7.89. The lowest BCUT2D eigenvalue weighted by atomic mass is 9.96. The Labute approximate surface area is 209 Å². The molecule has 6 nitrogen and oxygen atoms in total. The minimum atomic E-state index is -4.91. The predicted octanol–water partition coefficient (Wildman–Crippen LogP) is 5.53. The molecule has 0 amide bonds. The van der Waals surface area contributed by atoms with Crippen LogP contribution in [0.1, 0.15) is 30.1 Å². The maximum atomic E-state index is 13.5. The van der Waals surface area contributed by atoms with Gasteiger partial charge in [-0.3, -0.25) is 0 Å². The molecule has 1 aliphatic rings. The predicted molar refractivity (Wildman–Crippen MR) is 126 cm³/mol. The summed E-state index contributed by atoms with van der Waals surface area (Å²) in [4.78, 5) is 8.83. The summed E-state index contributed by atoms with van der Waals surface area (Å²) >= 11 is 11.5. The molecule has 0 saturated carbocycles. The van der Waals surface area contributed by atoms with E-state index in [-0.39, 0.29) is 28.3 Å². The third kappa shape index (κ3) is 5.59. The fraction of sp³-hybridized carbons (Fsp3) is 0.409. The second-order valence-corrected chi connectivity index (χ2v) is 11.3. The number of rotatable bonds is 6. The fourth-order valence-corrected chi connectivity index (χ4v) is 5.93. The van der Waals surface area contributed by atoms with Crippen molar-refractivity contribution >= 4 is 44.3 Å². The summed E-state index contributed by atoms with van der Waals surface area (Å²) in [7, 11) is -3.23. The molecule has 1 saturated heterocycles. The molecular weight excluding hydrogens is 531 g/mol. The summed E-state index contributed by atoms with van der Waals surface area (Å²) < 4.78 is 80.6. The number of piperidine rings is 1. The van der Waals surface area contributed by atoms with Crippen molar-refractivity contribution in [2.75, 3.05) is 33.2 Å². The first-order valence-electron chi connectivity index (χ1n) is 10.8. The molecule has 0 spiro atoms. The first-order valence-corrected chi connectivity index (χ1v) is 13.0. The molecule has 0 radical (unpaired) electrons. The first kappa shape index (κ1) is 26.2. The van der Waals surface area contributed by atoms with Gasteiger partial charge in [0.05, 0.1) is 31.5 Å². The topological polar surface area (TPSA) is 69.3 Å². The monoisotopic (exact) mass is 552 g/mol. The van der Waals surface area contributed by atoms with E-state index in [1.54, 1.807) is 6.07 Å². The molecule has 2 aromatic carbocycles. The number of halogens is 6. The van der Waals surface area contributed by atoms with Gasteiger partial charge in [-0.2, -0.15) is 17.5 Å². The Morgan fingerprint density at radius 3 is 2.46 bits per heavy atom. The number of nitrogens with one attached hydrogen (secondary N) is 1. The maximum absolute atomic E-state index is 13.5. The van der Waals surface area contributed by atoms with Crippen molar-refractivity contribution in [2.45, 2.75) is 29.8 Å². The average Bonchev–Trinajstić information content (AvgIpc) is 3.21. The van der Waals surface area contributed by atoms with Crippen LogP contribution in [-0.2, 0) is 16.2 Å². The van der Waals surface area contributed by atoms with Crippen molar-refractivity contribution < 1.29 is 26.0 Å². The van der Waals surface area contributed by atoms with Gasteiger partial charge in [-0.25, -0.2) is 17.8 Å². The van der Waals surface area contributed by atoms with Gasteiger partial charge in [0.25, 0.3) is 0 Å². The van der Waals surface area contributed by atoms with Crippen LogP contribution < -0.4 is 0 Å². The standard InChI is InChI=1S/C22H22Cl2F4N4O2S/c1-31(35(33,34)20-12-17(24)16(23)11-15(20)22(26,27)28)8-9-32-6-4-13(5-7-32)21-29-18-3-2-14(25)10-19(18)30-21/h2-3,10-13H,4-9H2,1H3,(H,29,30).